The highest BCUT2D eigenvalue weighted by molar-refractivity contribution is 14.1. The molecule has 150 valence electrons. The predicted octanol–water partition coefficient (Wildman–Crippen LogP) is 3.35. The molecule has 1 aliphatic rings. The largest absolute Gasteiger partial charge is 0.480 e. The molecule has 8 nitrogen and oxygen atoms in total. The first kappa shape index (κ1) is 22.9. The van der Waals surface area contributed by atoms with Crippen LogP contribution in [0.1, 0.15) is 19.4 Å². The van der Waals surface area contributed by atoms with Crippen molar-refractivity contribution in [3.63, 3.8) is 0 Å². The number of benzene rings is 1. The molecule has 1 heterocycles. The minimum absolute atomic E-state index is 0.188. The van der Waals surface area contributed by atoms with Gasteiger partial charge >= 0.3 is 11.9 Å². The van der Waals surface area contributed by atoms with Gasteiger partial charge in [-0.25, -0.2) is 4.79 Å². The van der Waals surface area contributed by atoms with E-state index in [4.69, 9.17) is 14.6 Å². The Morgan fingerprint density at radius 1 is 1.25 bits per heavy atom. The van der Waals surface area contributed by atoms with Gasteiger partial charge in [-0.15, -0.1) is 0 Å². The van der Waals surface area contributed by atoms with E-state index < -0.39 is 36.2 Å². The van der Waals surface area contributed by atoms with Gasteiger partial charge < -0.3 is 14.6 Å². The Hall–Kier alpha value is -1.35. The highest BCUT2D eigenvalue weighted by Gasteiger charge is 2.36. The monoisotopic (exact) mass is 631 g/mol. The van der Waals surface area contributed by atoms with E-state index in [-0.39, 0.29) is 11.0 Å². The summed E-state index contributed by atoms with van der Waals surface area (Å²) in [6.07, 6.45) is 1.21. The SMILES string of the molecule is CC(C)OC(=O)CN1C(=O)S/C(=C/c2cc(I)c(OCC(=O)O)c(I)c2)C1=O. The van der Waals surface area contributed by atoms with Crippen molar-refractivity contribution < 1.29 is 33.8 Å². The molecule has 0 unspecified atom stereocenters. The highest BCUT2D eigenvalue weighted by atomic mass is 127. The van der Waals surface area contributed by atoms with Crippen molar-refractivity contribution in [1.82, 2.24) is 4.90 Å². The van der Waals surface area contributed by atoms with Crippen molar-refractivity contribution in [1.29, 1.82) is 0 Å². The van der Waals surface area contributed by atoms with E-state index in [0.29, 0.717) is 18.5 Å². The quantitative estimate of drug-likeness (QED) is 0.278. The maximum atomic E-state index is 12.5. The molecular weight excluding hydrogens is 616 g/mol. The molecule has 1 aliphatic heterocycles. The lowest BCUT2D eigenvalue weighted by Gasteiger charge is -2.13. The van der Waals surface area contributed by atoms with Gasteiger partial charge in [-0.05, 0) is 94.6 Å². The number of carboxylic acids is 1. The van der Waals surface area contributed by atoms with Crippen LogP contribution in [-0.2, 0) is 19.1 Å². The van der Waals surface area contributed by atoms with Crippen molar-refractivity contribution in [2.45, 2.75) is 20.0 Å². The molecule has 1 aromatic rings. The minimum atomic E-state index is -1.08. The molecule has 0 atom stereocenters. The van der Waals surface area contributed by atoms with Crippen LogP contribution in [-0.4, -0.2) is 52.3 Å². The lowest BCUT2D eigenvalue weighted by Crippen LogP contribution is -2.35. The average Bonchev–Trinajstić information content (AvgIpc) is 2.80. The second kappa shape index (κ2) is 9.91. The molecule has 1 N–H and O–H groups in total. The summed E-state index contributed by atoms with van der Waals surface area (Å²) in [6.45, 7) is 2.46. The van der Waals surface area contributed by atoms with E-state index in [1.54, 1.807) is 32.1 Å². The topological polar surface area (TPSA) is 110 Å². The number of ether oxygens (including phenoxy) is 2. The van der Waals surface area contributed by atoms with Crippen LogP contribution in [0, 0.1) is 7.14 Å². The fraction of sp³-hybridized carbons (Fsp3) is 0.294. The van der Waals surface area contributed by atoms with Crippen LogP contribution in [0.15, 0.2) is 17.0 Å². The summed E-state index contributed by atoms with van der Waals surface area (Å²) in [7, 11) is 0. The number of hydrogen-bond donors (Lipinski definition) is 1. The maximum absolute atomic E-state index is 12.5. The smallest absolute Gasteiger partial charge is 0.341 e. The summed E-state index contributed by atoms with van der Waals surface area (Å²) in [6, 6.07) is 3.42. The van der Waals surface area contributed by atoms with E-state index in [9.17, 15) is 19.2 Å². The lowest BCUT2D eigenvalue weighted by molar-refractivity contribution is -0.149. The van der Waals surface area contributed by atoms with Crippen molar-refractivity contribution in [2.75, 3.05) is 13.2 Å². The number of hydrogen-bond acceptors (Lipinski definition) is 7. The van der Waals surface area contributed by atoms with E-state index in [1.165, 1.54) is 0 Å². The number of carbonyl (C=O) groups is 4. The first-order chi connectivity index (χ1) is 13.1. The number of rotatable bonds is 7. The first-order valence-corrected chi connectivity index (χ1v) is 10.8. The molecule has 1 saturated heterocycles. The van der Waals surface area contributed by atoms with Crippen LogP contribution >= 0.6 is 56.9 Å². The predicted molar refractivity (Wildman–Crippen MR) is 119 cm³/mol. The van der Waals surface area contributed by atoms with Crippen molar-refractivity contribution >= 4 is 86.1 Å². The van der Waals surface area contributed by atoms with Gasteiger partial charge in [-0.1, -0.05) is 0 Å². The van der Waals surface area contributed by atoms with E-state index in [0.717, 1.165) is 16.7 Å². The summed E-state index contributed by atoms with van der Waals surface area (Å²) in [5, 5.41) is 8.20. The van der Waals surface area contributed by atoms with Crippen molar-refractivity contribution in [3.8, 4) is 5.75 Å². The van der Waals surface area contributed by atoms with Gasteiger partial charge in [0.1, 0.15) is 12.3 Å². The number of thioether (sulfide) groups is 1. The Bertz CT molecular complexity index is 846. The second-order valence-electron chi connectivity index (χ2n) is 5.80. The summed E-state index contributed by atoms with van der Waals surface area (Å²) < 4.78 is 11.6. The standard InChI is InChI=1S/C17H15I2NO7S/c1-8(2)27-14(23)6-20-16(24)12(28-17(20)25)5-9-3-10(18)15(11(19)4-9)26-7-13(21)22/h3-5,8H,6-7H2,1-2H3,(H,21,22)/b12-5+. The van der Waals surface area contributed by atoms with Crippen molar-refractivity contribution in [3.05, 3.63) is 29.7 Å². The van der Waals surface area contributed by atoms with Gasteiger partial charge in [0.2, 0.25) is 0 Å². The summed E-state index contributed by atoms with van der Waals surface area (Å²) in [5.74, 6) is -1.86. The lowest BCUT2D eigenvalue weighted by atomic mass is 10.2. The Kier molecular flexibility index (Phi) is 8.12. The molecule has 0 spiro atoms. The highest BCUT2D eigenvalue weighted by Crippen LogP contribution is 2.34. The molecule has 1 aromatic carbocycles. The van der Waals surface area contributed by atoms with Gasteiger partial charge in [0.25, 0.3) is 11.1 Å². The minimum Gasteiger partial charge on any atom is -0.480 e. The fourth-order valence-corrected chi connectivity index (χ4v) is 5.12. The molecule has 28 heavy (non-hydrogen) atoms. The Labute approximate surface area is 192 Å². The van der Waals surface area contributed by atoms with Crippen LogP contribution in [0.3, 0.4) is 0 Å². The molecule has 0 aliphatic carbocycles. The Morgan fingerprint density at radius 3 is 2.39 bits per heavy atom. The molecule has 0 aromatic heterocycles. The van der Waals surface area contributed by atoms with Gasteiger partial charge in [-0.2, -0.15) is 0 Å². The third-order valence-corrected chi connectivity index (χ3v) is 5.70. The Balaban J connectivity index is 2.19. The molecule has 2 amide bonds. The molecule has 0 radical (unpaired) electrons. The Morgan fingerprint density at radius 2 is 1.86 bits per heavy atom. The summed E-state index contributed by atoms with van der Waals surface area (Å²) in [4.78, 5) is 48.0. The summed E-state index contributed by atoms with van der Waals surface area (Å²) >= 11 is 4.75. The van der Waals surface area contributed by atoms with Crippen LogP contribution in [0.5, 0.6) is 5.75 Å². The number of carboxylic acid groups (broad SMARTS) is 1. The maximum Gasteiger partial charge on any atom is 0.341 e. The normalized spacial score (nSPS) is 15.5. The second-order valence-corrected chi connectivity index (χ2v) is 9.12. The van der Waals surface area contributed by atoms with Gasteiger partial charge in [0.15, 0.2) is 6.61 Å². The average molecular weight is 631 g/mol. The number of imide groups is 1. The van der Waals surface area contributed by atoms with Gasteiger partial charge in [0.05, 0.1) is 18.1 Å². The van der Waals surface area contributed by atoms with Gasteiger partial charge in [-0.3, -0.25) is 19.3 Å². The third kappa shape index (κ3) is 6.07. The molecule has 11 heteroatoms. The van der Waals surface area contributed by atoms with E-state index >= 15 is 0 Å². The molecular formula is C17H15I2NO7S. The summed E-state index contributed by atoms with van der Waals surface area (Å²) in [5.41, 5.74) is 0.645. The van der Waals surface area contributed by atoms with E-state index in [2.05, 4.69) is 0 Å². The van der Waals surface area contributed by atoms with Crippen LogP contribution in [0.2, 0.25) is 0 Å². The zero-order valence-electron chi connectivity index (χ0n) is 14.7. The van der Waals surface area contributed by atoms with Crippen LogP contribution in [0.25, 0.3) is 6.08 Å². The number of halogens is 2. The number of carbonyl (C=O) groups excluding carboxylic acids is 3. The van der Waals surface area contributed by atoms with E-state index in [1.807, 2.05) is 45.2 Å². The molecule has 1 fully saturated rings. The zero-order chi connectivity index (χ0) is 21.0. The number of aliphatic carboxylic acids is 1. The van der Waals surface area contributed by atoms with Gasteiger partial charge in [0, 0.05) is 0 Å². The van der Waals surface area contributed by atoms with Crippen LogP contribution in [0.4, 0.5) is 4.79 Å². The molecule has 0 saturated carbocycles. The molecule has 0 bridgehead atoms. The fourth-order valence-electron chi connectivity index (χ4n) is 2.15. The molecule has 2 rings (SSSR count). The number of esters is 1. The zero-order valence-corrected chi connectivity index (χ0v) is 19.9. The van der Waals surface area contributed by atoms with Crippen LogP contribution < -0.4 is 4.74 Å². The number of amides is 2. The third-order valence-electron chi connectivity index (χ3n) is 3.19. The van der Waals surface area contributed by atoms with Crippen molar-refractivity contribution in [2.24, 2.45) is 0 Å². The first-order valence-electron chi connectivity index (χ1n) is 7.87. The number of nitrogens with zero attached hydrogens (tertiary/aromatic N) is 1.